The molecule has 1 aromatic rings. The van der Waals surface area contributed by atoms with Crippen molar-refractivity contribution < 1.29 is 0 Å². The van der Waals surface area contributed by atoms with Gasteiger partial charge in [0, 0.05) is 19.0 Å². The molecule has 0 aromatic carbocycles. The Hall–Kier alpha value is -0.480. The fourth-order valence-corrected chi connectivity index (χ4v) is 3.99. The molecule has 17 heavy (non-hydrogen) atoms. The van der Waals surface area contributed by atoms with Gasteiger partial charge in [-0.3, -0.25) is 0 Å². The number of fused-ring (bicyclic) bond motifs is 2. The average molecular weight is 251 g/mol. The standard InChI is InChI=1S/C13H21N3S/c1-2-3-6-12-13(15-17-14-12)11-9-16-7-4-5-10(11)8-16/h10-11H,2-9H2,1H3. The van der Waals surface area contributed by atoms with E-state index in [1.54, 1.807) is 0 Å². The lowest BCUT2D eigenvalue weighted by Gasteiger charge is -2.21. The lowest BCUT2D eigenvalue weighted by atomic mass is 9.87. The van der Waals surface area contributed by atoms with Crippen molar-refractivity contribution in [3.63, 3.8) is 0 Å². The normalized spacial score (nSPS) is 31.9. The van der Waals surface area contributed by atoms with Gasteiger partial charge in [0.25, 0.3) is 0 Å². The number of hydrogen-bond donors (Lipinski definition) is 0. The first-order valence-corrected chi connectivity index (χ1v) is 7.65. The van der Waals surface area contributed by atoms with E-state index in [9.17, 15) is 0 Å². The van der Waals surface area contributed by atoms with Crippen LogP contribution in [-0.4, -0.2) is 33.3 Å². The van der Waals surface area contributed by atoms with Crippen molar-refractivity contribution in [2.75, 3.05) is 19.6 Å². The van der Waals surface area contributed by atoms with Gasteiger partial charge in [0.1, 0.15) is 0 Å². The molecule has 3 rings (SSSR count). The van der Waals surface area contributed by atoms with Gasteiger partial charge < -0.3 is 4.90 Å². The van der Waals surface area contributed by atoms with E-state index >= 15 is 0 Å². The highest BCUT2D eigenvalue weighted by atomic mass is 32.1. The lowest BCUT2D eigenvalue weighted by Crippen LogP contribution is -2.25. The van der Waals surface area contributed by atoms with Crippen molar-refractivity contribution in [2.24, 2.45) is 5.92 Å². The van der Waals surface area contributed by atoms with Crippen LogP contribution in [0.2, 0.25) is 0 Å². The van der Waals surface area contributed by atoms with Crippen LogP contribution in [0.5, 0.6) is 0 Å². The highest BCUT2D eigenvalue weighted by molar-refractivity contribution is 6.99. The second-order valence-corrected chi connectivity index (χ2v) is 6.00. The molecule has 0 amide bonds. The zero-order valence-electron chi connectivity index (χ0n) is 10.6. The van der Waals surface area contributed by atoms with Gasteiger partial charge in [-0.2, -0.15) is 8.75 Å². The summed E-state index contributed by atoms with van der Waals surface area (Å²) >= 11 is 1.42. The van der Waals surface area contributed by atoms with Crippen molar-refractivity contribution in [3.8, 4) is 0 Å². The third-order valence-corrected chi connectivity index (χ3v) is 4.85. The number of piperidine rings is 1. The number of aryl methyl sites for hydroxylation is 1. The molecule has 2 aliphatic rings. The van der Waals surface area contributed by atoms with E-state index in [0.29, 0.717) is 5.92 Å². The predicted octanol–water partition coefficient (Wildman–Crippen LogP) is 2.69. The smallest absolute Gasteiger partial charge is 0.0821 e. The molecule has 3 nitrogen and oxygen atoms in total. The second kappa shape index (κ2) is 5.02. The van der Waals surface area contributed by atoms with E-state index in [2.05, 4.69) is 20.6 Å². The van der Waals surface area contributed by atoms with Gasteiger partial charge in [-0.05, 0) is 38.1 Å². The summed E-state index contributed by atoms with van der Waals surface area (Å²) in [6.45, 7) is 6.08. The van der Waals surface area contributed by atoms with Gasteiger partial charge in [-0.15, -0.1) is 0 Å². The molecule has 2 fully saturated rings. The molecular weight excluding hydrogens is 230 g/mol. The molecule has 3 heterocycles. The Kier molecular flexibility index (Phi) is 3.43. The van der Waals surface area contributed by atoms with E-state index in [-0.39, 0.29) is 0 Å². The summed E-state index contributed by atoms with van der Waals surface area (Å²) in [5.74, 6) is 1.54. The van der Waals surface area contributed by atoms with Crippen molar-refractivity contribution in [1.29, 1.82) is 0 Å². The SMILES string of the molecule is CCCCc1nsnc1C1CN2CCCC1C2. The largest absolute Gasteiger partial charge is 0.302 e. The highest BCUT2D eigenvalue weighted by Crippen LogP contribution is 2.39. The predicted molar refractivity (Wildman–Crippen MR) is 70.4 cm³/mol. The maximum atomic E-state index is 4.62. The lowest BCUT2D eigenvalue weighted by molar-refractivity contribution is 0.269. The average Bonchev–Trinajstić information content (AvgIpc) is 2.91. The Morgan fingerprint density at radius 3 is 3.12 bits per heavy atom. The molecule has 2 saturated heterocycles. The van der Waals surface area contributed by atoms with Crippen LogP contribution in [0.25, 0.3) is 0 Å². The Morgan fingerprint density at radius 2 is 2.29 bits per heavy atom. The maximum Gasteiger partial charge on any atom is 0.0821 e. The summed E-state index contributed by atoms with van der Waals surface area (Å²) in [6, 6.07) is 0. The van der Waals surface area contributed by atoms with Gasteiger partial charge in [0.05, 0.1) is 23.1 Å². The van der Waals surface area contributed by atoms with Crippen LogP contribution < -0.4 is 0 Å². The van der Waals surface area contributed by atoms with Crippen molar-refractivity contribution in [2.45, 2.75) is 44.9 Å². The van der Waals surface area contributed by atoms with E-state index in [4.69, 9.17) is 0 Å². The minimum atomic E-state index is 0.683. The first-order chi connectivity index (χ1) is 8.38. The van der Waals surface area contributed by atoms with Gasteiger partial charge in [-0.1, -0.05) is 13.3 Å². The van der Waals surface area contributed by atoms with Gasteiger partial charge in [0.15, 0.2) is 0 Å². The Morgan fingerprint density at radius 1 is 1.35 bits per heavy atom. The summed E-state index contributed by atoms with van der Waals surface area (Å²) in [5, 5.41) is 0. The first kappa shape index (κ1) is 11.6. The summed E-state index contributed by atoms with van der Waals surface area (Å²) in [5.41, 5.74) is 2.65. The van der Waals surface area contributed by atoms with Crippen LogP contribution in [-0.2, 0) is 6.42 Å². The molecule has 2 aliphatic heterocycles. The van der Waals surface area contributed by atoms with Gasteiger partial charge >= 0.3 is 0 Å². The number of nitrogens with zero attached hydrogens (tertiary/aromatic N) is 3. The minimum absolute atomic E-state index is 0.683. The number of aromatic nitrogens is 2. The van der Waals surface area contributed by atoms with Crippen molar-refractivity contribution >= 4 is 11.7 Å². The van der Waals surface area contributed by atoms with Crippen LogP contribution in [0, 0.1) is 5.92 Å². The molecule has 0 spiro atoms. The van der Waals surface area contributed by atoms with Crippen LogP contribution >= 0.6 is 11.7 Å². The monoisotopic (exact) mass is 251 g/mol. The second-order valence-electron chi connectivity index (χ2n) is 5.47. The van der Waals surface area contributed by atoms with Crippen LogP contribution in [0.1, 0.15) is 49.9 Å². The Labute approximate surface area is 108 Å². The molecule has 94 valence electrons. The van der Waals surface area contributed by atoms with Crippen molar-refractivity contribution in [3.05, 3.63) is 11.4 Å². The summed E-state index contributed by atoms with van der Waals surface area (Å²) < 4.78 is 9.14. The molecular formula is C13H21N3S. The molecule has 2 bridgehead atoms. The number of unbranched alkanes of at least 4 members (excludes halogenated alkanes) is 1. The fourth-order valence-electron chi connectivity index (χ4n) is 3.34. The molecule has 3 atom stereocenters. The topological polar surface area (TPSA) is 29.0 Å². The molecule has 0 radical (unpaired) electrons. The van der Waals surface area contributed by atoms with E-state index < -0.39 is 0 Å². The zero-order chi connectivity index (χ0) is 11.7. The number of hydrogen-bond acceptors (Lipinski definition) is 4. The van der Waals surface area contributed by atoms with Crippen molar-refractivity contribution in [1.82, 2.24) is 13.6 Å². The van der Waals surface area contributed by atoms with E-state index in [1.807, 2.05) is 0 Å². The maximum absolute atomic E-state index is 4.62. The molecule has 0 N–H and O–H groups in total. The zero-order valence-corrected chi connectivity index (χ0v) is 11.4. The van der Waals surface area contributed by atoms with Crippen LogP contribution in [0.3, 0.4) is 0 Å². The Balaban J connectivity index is 1.77. The summed E-state index contributed by atoms with van der Waals surface area (Å²) in [4.78, 5) is 2.61. The molecule has 4 heteroatoms. The van der Waals surface area contributed by atoms with Crippen LogP contribution in [0.4, 0.5) is 0 Å². The fraction of sp³-hybridized carbons (Fsp3) is 0.846. The van der Waals surface area contributed by atoms with E-state index in [0.717, 1.165) is 12.3 Å². The molecule has 3 unspecified atom stereocenters. The van der Waals surface area contributed by atoms with Gasteiger partial charge in [0.2, 0.25) is 0 Å². The quantitative estimate of drug-likeness (QED) is 0.824. The molecule has 1 aromatic heterocycles. The van der Waals surface area contributed by atoms with E-state index in [1.165, 1.54) is 68.4 Å². The highest BCUT2D eigenvalue weighted by Gasteiger charge is 2.38. The van der Waals surface area contributed by atoms with Gasteiger partial charge in [-0.25, -0.2) is 0 Å². The third-order valence-electron chi connectivity index (χ3n) is 4.27. The summed E-state index contributed by atoms with van der Waals surface area (Å²) in [6.07, 6.45) is 6.40. The molecule has 0 aliphatic carbocycles. The first-order valence-electron chi connectivity index (χ1n) is 6.92. The molecule has 0 saturated carbocycles. The number of rotatable bonds is 4. The minimum Gasteiger partial charge on any atom is -0.302 e. The van der Waals surface area contributed by atoms with Crippen LogP contribution in [0.15, 0.2) is 0 Å². The third kappa shape index (κ3) is 2.25. The summed E-state index contributed by atoms with van der Waals surface area (Å²) in [7, 11) is 0. The Bertz CT molecular complexity index is 376.